The second-order valence-electron chi connectivity index (χ2n) is 6.72. The molecular formula is C23H24ClNO4S. The first kappa shape index (κ1) is 22.2. The molecule has 0 aliphatic carbocycles. The lowest BCUT2D eigenvalue weighted by Gasteiger charge is -2.23. The van der Waals surface area contributed by atoms with Gasteiger partial charge in [0.2, 0.25) is 10.0 Å². The Morgan fingerprint density at radius 2 is 1.47 bits per heavy atom. The molecule has 0 unspecified atom stereocenters. The van der Waals surface area contributed by atoms with Crippen LogP contribution in [-0.4, -0.2) is 33.5 Å². The predicted octanol–water partition coefficient (Wildman–Crippen LogP) is 4.79. The van der Waals surface area contributed by atoms with E-state index < -0.39 is 10.0 Å². The molecule has 0 saturated heterocycles. The molecule has 3 aromatic rings. The van der Waals surface area contributed by atoms with Gasteiger partial charge in [0.1, 0.15) is 0 Å². The van der Waals surface area contributed by atoms with Crippen molar-refractivity contribution in [2.24, 2.45) is 0 Å². The number of benzene rings is 3. The van der Waals surface area contributed by atoms with Crippen molar-refractivity contribution in [3.63, 3.8) is 0 Å². The quantitative estimate of drug-likeness (QED) is 0.475. The normalized spacial score (nSPS) is 11.5. The largest absolute Gasteiger partial charge is 0.493 e. The first-order valence-corrected chi connectivity index (χ1v) is 11.3. The lowest BCUT2D eigenvalue weighted by molar-refractivity contribution is 0.354. The highest BCUT2D eigenvalue weighted by Gasteiger charge is 2.24. The summed E-state index contributed by atoms with van der Waals surface area (Å²) < 4.78 is 38.7. The van der Waals surface area contributed by atoms with E-state index in [9.17, 15) is 8.42 Å². The Morgan fingerprint density at radius 1 is 0.833 bits per heavy atom. The third kappa shape index (κ3) is 5.33. The molecule has 0 aliphatic heterocycles. The van der Waals surface area contributed by atoms with Gasteiger partial charge in [0, 0.05) is 18.1 Å². The average Bonchev–Trinajstić information content (AvgIpc) is 2.78. The van der Waals surface area contributed by atoms with Gasteiger partial charge >= 0.3 is 0 Å². The van der Waals surface area contributed by atoms with Crippen LogP contribution in [-0.2, 0) is 23.0 Å². The second-order valence-corrected chi connectivity index (χ2v) is 9.09. The Bertz CT molecular complexity index is 1070. The van der Waals surface area contributed by atoms with Crippen molar-refractivity contribution in [2.45, 2.75) is 17.9 Å². The van der Waals surface area contributed by atoms with Crippen molar-refractivity contribution in [3.8, 4) is 11.5 Å². The number of sulfonamides is 1. The molecule has 0 heterocycles. The van der Waals surface area contributed by atoms with Crippen molar-refractivity contribution in [1.82, 2.24) is 4.31 Å². The van der Waals surface area contributed by atoms with Gasteiger partial charge < -0.3 is 9.47 Å². The monoisotopic (exact) mass is 445 g/mol. The maximum atomic E-state index is 13.3. The van der Waals surface area contributed by atoms with Crippen LogP contribution < -0.4 is 9.47 Å². The van der Waals surface area contributed by atoms with E-state index in [0.29, 0.717) is 29.5 Å². The van der Waals surface area contributed by atoms with E-state index >= 15 is 0 Å². The van der Waals surface area contributed by atoms with Crippen LogP contribution in [0.5, 0.6) is 11.5 Å². The molecule has 3 aromatic carbocycles. The molecule has 5 nitrogen and oxygen atoms in total. The lowest BCUT2D eigenvalue weighted by atomic mass is 10.1. The third-order valence-electron chi connectivity index (χ3n) is 4.75. The highest BCUT2D eigenvalue weighted by atomic mass is 35.5. The molecule has 0 N–H and O–H groups in total. The van der Waals surface area contributed by atoms with Crippen LogP contribution in [0, 0.1) is 0 Å². The van der Waals surface area contributed by atoms with Crippen LogP contribution in [0.15, 0.2) is 77.7 Å². The van der Waals surface area contributed by atoms with Crippen LogP contribution in [0.2, 0.25) is 5.02 Å². The zero-order chi connectivity index (χ0) is 21.6. The number of nitrogens with zero attached hydrogens (tertiary/aromatic N) is 1. The summed E-state index contributed by atoms with van der Waals surface area (Å²) in [7, 11) is -0.505. The molecule has 158 valence electrons. The molecular weight excluding hydrogens is 422 g/mol. The SMILES string of the molecule is COc1ccc(CCN(Cc2ccc(Cl)cc2)S(=O)(=O)c2ccccc2)cc1OC. The van der Waals surface area contributed by atoms with Crippen molar-refractivity contribution in [2.75, 3.05) is 20.8 Å². The summed E-state index contributed by atoms with van der Waals surface area (Å²) in [6, 6.07) is 21.3. The number of methoxy groups -OCH3 is 2. The van der Waals surface area contributed by atoms with E-state index in [1.165, 1.54) is 4.31 Å². The summed E-state index contributed by atoms with van der Waals surface area (Å²) in [6.07, 6.45) is 0.528. The van der Waals surface area contributed by atoms with Crippen LogP contribution in [0.4, 0.5) is 0 Å². The van der Waals surface area contributed by atoms with Gasteiger partial charge in [0.05, 0.1) is 19.1 Å². The summed E-state index contributed by atoms with van der Waals surface area (Å²) in [5.41, 5.74) is 1.82. The minimum absolute atomic E-state index is 0.252. The third-order valence-corrected chi connectivity index (χ3v) is 6.86. The number of hydrogen-bond acceptors (Lipinski definition) is 4. The van der Waals surface area contributed by atoms with E-state index in [4.69, 9.17) is 21.1 Å². The Hall–Kier alpha value is -2.54. The van der Waals surface area contributed by atoms with Crippen molar-refractivity contribution in [3.05, 3.63) is 88.9 Å². The van der Waals surface area contributed by atoms with Gasteiger partial charge in [-0.05, 0) is 53.9 Å². The van der Waals surface area contributed by atoms with Gasteiger partial charge in [-0.1, -0.05) is 48.0 Å². The Balaban J connectivity index is 1.86. The van der Waals surface area contributed by atoms with Gasteiger partial charge in [0.15, 0.2) is 11.5 Å². The molecule has 30 heavy (non-hydrogen) atoms. The summed E-state index contributed by atoms with van der Waals surface area (Å²) >= 11 is 5.97. The minimum atomic E-state index is -3.66. The Labute approximate surface area is 182 Å². The smallest absolute Gasteiger partial charge is 0.243 e. The van der Waals surface area contributed by atoms with E-state index in [1.54, 1.807) is 56.7 Å². The highest BCUT2D eigenvalue weighted by molar-refractivity contribution is 7.89. The zero-order valence-electron chi connectivity index (χ0n) is 16.9. The van der Waals surface area contributed by atoms with Crippen LogP contribution >= 0.6 is 11.6 Å². The predicted molar refractivity (Wildman–Crippen MR) is 119 cm³/mol. The summed E-state index contributed by atoms with van der Waals surface area (Å²) in [6.45, 7) is 0.566. The van der Waals surface area contributed by atoms with E-state index in [2.05, 4.69) is 0 Å². The minimum Gasteiger partial charge on any atom is -0.493 e. The summed E-state index contributed by atoms with van der Waals surface area (Å²) in [5, 5.41) is 0.613. The fourth-order valence-corrected chi connectivity index (χ4v) is 4.69. The summed E-state index contributed by atoms with van der Waals surface area (Å²) in [4.78, 5) is 0.270. The average molecular weight is 446 g/mol. The number of ether oxygens (including phenoxy) is 2. The van der Waals surface area contributed by atoms with Crippen LogP contribution in [0.25, 0.3) is 0 Å². The van der Waals surface area contributed by atoms with Gasteiger partial charge in [0.25, 0.3) is 0 Å². The Morgan fingerprint density at radius 3 is 2.10 bits per heavy atom. The first-order chi connectivity index (χ1) is 14.4. The van der Waals surface area contributed by atoms with E-state index in [-0.39, 0.29) is 11.4 Å². The Kier molecular flexibility index (Phi) is 7.37. The van der Waals surface area contributed by atoms with Crippen molar-refractivity contribution >= 4 is 21.6 Å². The topological polar surface area (TPSA) is 55.8 Å². The fraction of sp³-hybridized carbons (Fsp3) is 0.217. The molecule has 3 rings (SSSR count). The standard InChI is InChI=1S/C23H24ClNO4S/c1-28-22-13-10-18(16-23(22)29-2)14-15-25(17-19-8-11-20(24)12-9-19)30(26,27)21-6-4-3-5-7-21/h3-13,16H,14-15,17H2,1-2H3. The van der Waals surface area contributed by atoms with Gasteiger partial charge in [-0.3, -0.25) is 0 Å². The van der Waals surface area contributed by atoms with Crippen molar-refractivity contribution < 1.29 is 17.9 Å². The molecule has 0 aliphatic rings. The molecule has 0 saturated carbocycles. The molecule has 0 fully saturated rings. The number of hydrogen-bond donors (Lipinski definition) is 0. The molecule has 0 amide bonds. The number of rotatable bonds is 9. The van der Waals surface area contributed by atoms with Gasteiger partial charge in [-0.15, -0.1) is 0 Å². The molecule has 0 radical (unpaired) electrons. The summed E-state index contributed by atoms with van der Waals surface area (Å²) in [5.74, 6) is 1.25. The van der Waals surface area contributed by atoms with Gasteiger partial charge in [-0.2, -0.15) is 4.31 Å². The molecule has 0 atom stereocenters. The molecule has 0 spiro atoms. The number of halogens is 1. The first-order valence-electron chi connectivity index (χ1n) is 9.44. The molecule has 0 aromatic heterocycles. The van der Waals surface area contributed by atoms with E-state index in [0.717, 1.165) is 11.1 Å². The zero-order valence-corrected chi connectivity index (χ0v) is 18.5. The fourth-order valence-electron chi connectivity index (χ4n) is 3.11. The second kappa shape index (κ2) is 9.98. The van der Waals surface area contributed by atoms with E-state index in [1.807, 2.05) is 30.3 Å². The molecule has 0 bridgehead atoms. The van der Waals surface area contributed by atoms with Crippen molar-refractivity contribution in [1.29, 1.82) is 0 Å². The van der Waals surface area contributed by atoms with Gasteiger partial charge in [-0.25, -0.2) is 8.42 Å². The maximum Gasteiger partial charge on any atom is 0.243 e. The lowest BCUT2D eigenvalue weighted by Crippen LogP contribution is -2.32. The van der Waals surface area contributed by atoms with Crippen LogP contribution in [0.1, 0.15) is 11.1 Å². The van der Waals surface area contributed by atoms with Crippen LogP contribution in [0.3, 0.4) is 0 Å². The highest BCUT2D eigenvalue weighted by Crippen LogP contribution is 2.28. The molecule has 7 heteroatoms. The maximum absolute atomic E-state index is 13.3.